The SMILES string of the molecule is CS(=O)(=O)NCCNCc1ccc(Cl)cc1[N+](=O)[O-]. The lowest BCUT2D eigenvalue weighted by Crippen LogP contribution is -2.30. The lowest BCUT2D eigenvalue weighted by Gasteiger charge is -2.06. The molecule has 0 saturated heterocycles. The van der Waals surface area contributed by atoms with Gasteiger partial charge in [0.25, 0.3) is 5.69 Å². The molecule has 7 nitrogen and oxygen atoms in total. The van der Waals surface area contributed by atoms with Crippen LogP contribution in [-0.2, 0) is 16.6 Å². The van der Waals surface area contributed by atoms with Gasteiger partial charge in [0.1, 0.15) is 0 Å². The number of halogens is 1. The summed E-state index contributed by atoms with van der Waals surface area (Å²) < 4.78 is 23.9. The molecular formula is C10H14ClN3O4S. The summed E-state index contributed by atoms with van der Waals surface area (Å²) in [5.41, 5.74) is 0.435. The Hall–Kier alpha value is -1.22. The van der Waals surface area contributed by atoms with E-state index in [2.05, 4.69) is 10.0 Å². The highest BCUT2D eigenvalue weighted by Gasteiger charge is 2.13. The average Bonchev–Trinajstić information content (AvgIpc) is 2.28. The minimum absolute atomic E-state index is 0.0592. The fourth-order valence-corrected chi connectivity index (χ4v) is 2.04. The van der Waals surface area contributed by atoms with Gasteiger partial charge in [-0.05, 0) is 12.1 Å². The maximum Gasteiger partial charge on any atom is 0.275 e. The van der Waals surface area contributed by atoms with Gasteiger partial charge < -0.3 is 5.32 Å². The van der Waals surface area contributed by atoms with Crippen molar-refractivity contribution in [1.82, 2.24) is 10.0 Å². The molecule has 0 aliphatic carbocycles. The van der Waals surface area contributed by atoms with Crippen molar-refractivity contribution in [3.63, 3.8) is 0 Å². The number of nitro benzene ring substituents is 1. The molecule has 1 aromatic carbocycles. The summed E-state index contributed by atoms with van der Waals surface area (Å²) in [4.78, 5) is 10.3. The third-order valence-corrected chi connectivity index (χ3v) is 3.19. The van der Waals surface area contributed by atoms with Crippen LogP contribution in [0.1, 0.15) is 5.56 Å². The Bertz CT molecular complexity index is 562. The van der Waals surface area contributed by atoms with Crippen LogP contribution in [0.25, 0.3) is 0 Å². The number of benzene rings is 1. The summed E-state index contributed by atoms with van der Waals surface area (Å²) in [5.74, 6) is 0. The third-order valence-electron chi connectivity index (χ3n) is 2.23. The molecule has 1 rings (SSSR count). The second-order valence-corrected chi connectivity index (χ2v) is 6.14. The molecule has 0 amide bonds. The van der Waals surface area contributed by atoms with Gasteiger partial charge in [-0.2, -0.15) is 0 Å². The van der Waals surface area contributed by atoms with Crippen LogP contribution in [0, 0.1) is 10.1 Å². The van der Waals surface area contributed by atoms with Gasteiger partial charge in [0.15, 0.2) is 0 Å². The van der Waals surface area contributed by atoms with Gasteiger partial charge in [-0.1, -0.05) is 11.6 Å². The first-order chi connectivity index (χ1) is 8.79. The molecule has 0 aliphatic heterocycles. The summed E-state index contributed by atoms with van der Waals surface area (Å²) >= 11 is 5.69. The summed E-state index contributed by atoms with van der Waals surface area (Å²) in [6, 6.07) is 4.42. The van der Waals surface area contributed by atoms with Crippen LogP contribution in [0.4, 0.5) is 5.69 Å². The summed E-state index contributed by atoms with van der Waals surface area (Å²) in [6.45, 7) is 0.853. The minimum Gasteiger partial charge on any atom is -0.311 e. The molecule has 0 saturated carbocycles. The largest absolute Gasteiger partial charge is 0.311 e. The van der Waals surface area contributed by atoms with Crippen molar-refractivity contribution in [1.29, 1.82) is 0 Å². The quantitative estimate of drug-likeness (QED) is 0.442. The first-order valence-corrected chi connectivity index (χ1v) is 7.65. The number of hydrogen-bond acceptors (Lipinski definition) is 5. The molecule has 0 radical (unpaired) electrons. The molecule has 0 bridgehead atoms. The number of nitrogens with one attached hydrogen (secondary N) is 2. The molecule has 0 spiro atoms. The van der Waals surface area contributed by atoms with Crippen LogP contribution < -0.4 is 10.0 Å². The van der Waals surface area contributed by atoms with Crippen molar-refractivity contribution >= 4 is 27.3 Å². The van der Waals surface area contributed by atoms with E-state index < -0.39 is 14.9 Å². The maximum atomic E-state index is 10.8. The number of hydrogen-bond donors (Lipinski definition) is 2. The Kier molecular flexibility index (Phi) is 5.67. The standard InChI is InChI=1S/C10H14ClN3O4S/c1-19(17,18)13-5-4-12-7-8-2-3-9(11)6-10(8)14(15)16/h2-3,6,12-13H,4-5,7H2,1H3. The average molecular weight is 308 g/mol. The Morgan fingerprint density at radius 3 is 2.63 bits per heavy atom. The Balaban J connectivity index is 2.52. The van der Waals surface area contributed by atoms with Crippen LogP contribution in [0.15, 0.2) is 18.2 Å². The van der Waals surface area contributed by atoms with Gasteiger partial charge in [-0.15, -0.1) is 0 Å². The van der Waals surface area contributed by atoms with Gasteiger partial charge in [-0.3, -0.25) is 10.1 Å². The minimum atomic E-state index is -3.21. The number of sulfonamides is 1. The Morgan fingerprint density at radius 2 is 2.05 bits per heavy atom. The van der Waals surface area contributed by atoms with Gasteiger partial charge in [-0.25, -0.2) is 13.1 Å². The Labute approximate surface area is 116 Å². The van der Waals surface area contributed by atoms with E-state index in [4.69, 9.17) is 11.6 Å². The van der Waals surface area contributed by atoms with Crippen molar-refractivity contribution in [2.75, 3.05) is 19.3 Å². The molecule has 106 valence electrons. The first-order valence-electron chi connectivity index (χ1n) is 5.38. The van der Waals surface area contributed by atoms with Crippen molar-refractivity contribution < 1.29 is 13.3 Å². The molecule has 0 heterocycles. The highest BCUT2D eigenvalue weighted by atomic mass is 35.5. The summed E-state index contributed by atoms with van der Waals surface area (Å²) in [5, 5.41) is 14.0. The molecule has 0 aliphatic rings. The maximum absolute atomic E-state index is 10.8. The number of rotatable bonds is 7. The summed E-state index contributed by atoms with van der Waals surface area (Å²) in [7, 11) is -3.21. The molecule has 1 aromatic rings. The van der Waals surface area contributed by atoms with Crippen LogP contribution in [0.2, 0.25) is 5.02 Å². The van der Waals surface area contributed by atoms with Crippen molar-refractivity contribution in [2.45, 2.75) is 6.54 Å². The normalized spacial score (nSPS) is 11.5. The van der Waals surface area contributed by atoms with E-state index in [-0.39, 0.29) is 18.8 Å². The molecular weight excluding hydrogens is 294 g/mol. The zero-order valence-electron chi connectivity index (χ0n) is 10.2. The third kappa shape index (κ3) is 5.97. The first kappa shape index (κ1) is 15.8. The fraction of sp³-hybridized carbons (Fsp3) is 0.400. The van der Waals surface area contributed by atoms with Crippen molar-refractivity contribution in [2.24, 2.45) is 0 Å². The van der Waals surface area contributed by atoms with Crippen molar-refractivity contribution in [3.05, 3.63) is 38.9 Å². The molecule has 0 atom stereocenters. The number of nitro groups is 1. The Morgan fingerprint density at radius 1 is 1.37 bits per heavy atom. The molecule has 0 fully saturated rings. The predicted octanol–water partition coefficient (Wildman–Crippen LogP) is 0.887. The van der Waals surface area contributed by atoms with Gasteiger partial charge >= 0.3 is 0 Å². The number of nitrogens with zero attached hydrogens (tertiary/aromatic N) is 1. The zero-order chi connectivity index (χ0) is 14.5. The van der Waals surface area contributed by atoms with Gasteiger partial charge in [0.2, 0.25) is 10.0 Å². The highest BCUT2D eigenvalue weighted by molar-refractivity contribution is 7.88. The van der Waals surface area contributed by atoms with Gasteiger partial charge in [0, 0.05) is 36.3 Å². The van der Waals surface area contributed by atoms with E-state index in [0.717, 1.165) is 6.26 Å². The van der Waals surface area contributed by atoms with Crippen LogP contribution in [-0.4, -0.2) is 32.7 Å². The van der Waals surface area contributed by atoms with Crippen LogP contribution in [0.3, 0.4) is 0 Å². The second kappa shape index (κ2) is 6.80. The second-order valence-electron chi connectivity index (χ2n) is 3.87. The molecule has 19 heavy (non-hydrogen) atoms. The monoisotopic (exact) mass is 307 g/mol. The van der Waals surface area contributed by atoms with Crippen LogP contribution in [0.5, 0.6) is 0 Å². The lowest BCUT2D eigenvalue weighted by atomic mass is 10.2. The molecule has 9 heteroatoms. The van der Waals surface area contributed by atoms with E-state index >= 15 is 0 Å². The van der Waals surface area contributed by atoms with Crippen molar-refractivity contribution in [3.8, 4) is 0 Å². The topological polar surface area (TPSA) is 101 Å². The lowest BCUT2D eigenvalue weighted by molar-refractivity contribution is -0.385. The molecule has 0 aromatic heterocycles. The molecule has 0 unspecified atom stereocenters. The molecule has 2 N–H and O–H groups in total. The van der Waals surface area contributed by atoms with E-state index in [1.165, 1.54) is 6.07 Å². The fourth-order valence-electron chi connectivity index (χ4n) is 1.40. The van der Waals surface area contributed by atoms with Crippen LogP contribution >= 0.6 is 11.6 Å². The summed E-state index contributed by atoms with van der Waals surface area (Å²) in [6.07, 6.45) is 1.07. The van der Waals surface area contributed by atoms with E-state index in [9.17, 15) is 18.5 Å². The van der Waals surface area contributed by atoms with E-state index in [0.29, 0.717) is 17.1 Å². The predicted molar refractivity (Wildman–Crippen MR) is 72.7 cm³/mol. The van der Waals surface area contributed by atoms with Gasteiger partial charge in [0.05, 0.1) is 11.2 Å². The zero-order valence-corrected chi connectivity index (χ0v) is 11.8. The highest BCUT2D eigenvalue weighted by Crippen LogP contribution is 2.22. The smallest absolute Gasteiger partial charge is 0.275 e. The van der Waals surface area contributed by atoms with E-state index in [1.807, 2.05) is 0 Å². The van der Waals surface area contributed by atoms with E-state index in [1.54, 1.807) is 12.1 Å².